The van der Waals surface area contributed by atoms with Gasteiger partial charge in [0.05, 0.1) is 11.4 Å². The van der Waals surface area contributed by atoms with Gasteiger partial charge in [0.1, 0.15) is 11.1 Å². The Morgan fingerprint density at radius 2 is 0.972 bits per heavy atom. The number of H-pyrrole nitrogens is 2. The average Bonchev–Trinajstić information content (AvgIpc) is 3.35. The normalized spacial score (nSPS) is 11.1. The molecule has 0 saturated carbocycles. The highest BCUT2D eigenvalue weighted by Gasteiger charge is 2.20. The predicted molar refractivity (Wildman–Crippen MR) is 139 cm³/mol. The van der Waals surface area contributed by atoms with Gasteiger partial charge in [-0.1, -0.05) is 49.2 Å². The highest BCUT2D eigenvalue weighted by Crippen LogP contribution is 2.14. The molecular weight excluding hydrogens is 456 g/mol. The number of aromatic nitrogens is 4. The van der Waals surface area contributed by atoms with Crippen LogP contribution in [0.15, 0.2) is 70.3 Å². The number of carbonyl (C=O) groups is 2. The molecule has 4 aromatic rings. The van der Waals surface area contributed by atoms with Gasteiger partial charge in [0, 0.05) is 24.2 Å². The summed E-state index contributed by atoms with van der Waals surface area (Å²) in [6, 6.07) is 18.3. The van der Waals surface area contributed by atoms with Crippen molar-refractivity contribution in [3.8, 4) is 11.4 Å². The predicted octanol–water partition coefficient (Wildman–Crippen LogP) is 4.67. The van der Waals surface area contributed by atoms with Crippen LogP contribution in [0, 0.1) is 13.8 Å². The first-order valence-electron chi connectivity index (χ1n) is 12.2. The summed E-state index contributed by atoms with van der Waals surface area (Å²) in [5, 5.41) is 5.97. The number of rotatable bonds is 11. The van der Waals surface area contributed by atoms with Crippen molar-refractivity contribution in [1.29, 1.82) is 0 Å². The number of ketones is 2. The van der Waals surface area contributed by atoms with Crippen molar-refractivity contribution >= 4 is 11.6 Å². The number of nitrogens with one attached hydrogen (secondary N) is 2. The zero-order chi connectivity index (χ0) is 25.7. The second-order valence-corrected chi connectivity index (χ2v) is 8.94. The van der Waals surface area contributed by atoms with E-state index in [9.17, 15) is 19.2 Å². The molecule has 0 saturated heterocycles. The highest BCUT2D eigenvalue weighted by atomic mass is 16.2. The van der Waals surface area contributed by atoms with Gasteiger partial charge in [-0.25, -0.2) is 9.36 Å². The summed E-state index contributed by atoms with van der Waals surface area (Å²) >= 11 is 0. The van der Waals surface area contributed by atoms with Crippen molar-refractivity contribution in [1.82, 2.24) is 19.6 Å². The first-order chi connectivity index (χ1) is 17.4. The van der Waals surface area contributed by atoms with Crippen LogP contribution >= 0.6 is 0 Å². The molecule has 2 aromatic carbocycles. The molecule has 0 radical (unpaired) electrons. The smallest absolute Gasteiger partial charge is 0.282 e. The zero-order valence-corrected chi connectivity index (χ0v) is 20.5. The van der Waals surface area contributed by atoms with E-state index in [4.69, 9.17) is 0 Å². The van der Waals surface area contributed by atoms with Crippen LogP contribution in [0.4, 0.5) is 0 Å². The third-order valence-corrected chi connectivity index (χ3v) is 6.29. The van der Waals surface area contributed by atoms with Crippen molar-refractivity contribution in [2.24, 2.45) is 0 Å². The number of Topliss-reactive ketones (excluding diaryl/α,β-unsaturated/α-hetero) is 2. The first kappa shape index (κ1) is 24.9. The lowest BCUT2D eigenvalue weighted by Crippen LogP contribution is -2.20. The molecule has 8 nitrogen and oxygen atoms in total. The fourth-order valence-corrected chi connectivity index (χ4v) is 4.44. The molecule has 36 heavy (non-hydrogen) atoms. The summed E-state index contributed by atoms with van der Waals surface area (Å²) in [5.74, 6) is -0.354. The molecule has 0 unspecified atom stereocenters. The van der Waals surface area contributed by atoms with E-state index in [-0.39, 0.29) is 46.7 Å². The highest BCUT2D eigenvalue weighted by molar-refractivity contribution is 5.97. The Bertz CT molecular complexity index is 1360. The number of para-hydroxylation sites is 2. The van der Waals surface area contributed by atoms with Crippen LogP contribution in [0.2, 0.25) is 0 Å². The quantitative estimate of drug-likeness (QED) is 0.237. The third-order valence-electron chi connectivity index (χ3n) is 6.29. The minimum Gasteiger partial charge on any atom is -0.295 e. The SMILES string of the molecule is Cc1[nH]n(-c2ccccc2)c(=O)c1C(=O)CCCCCCC(=O)c1c(C)[nH]n(-c2ccccc2)c1=O. The van der Waals surface area contributed by atoms with Crippen molar-refractivity contribution in [2.45, 2.75) is 52.4 Å². The van der Waals surface area contributed by atoms with E-state index < -0.39 is 0 Å². The molecule has 0 bridgehead atoms. The molecule has 186 valence electrons. The van der Waals surface area contributed by atoms with Crippen LogP contribution in [0.5, 0.6) is 0 Å². The van der Waals surface area contributed by atoms with Crippen LogP contribution < -0.4 is 11.1 Å². The minimum absolute atomic E-state index is 0.177. The van der Waals surface area contributed by atoms with Crippen molar-refractivity contribution < 1.29 is 9.59 Å². The number of unbranched alkanes of at least 4 members (excludes halogenated alkanes) is 3. The zero-order valence-electron chi connectivity index (χ0n) is 20.5. The summed E-state index contributed by atoms with van der Waals surface area (Å²) in [6.07, 6.45) is 3.33. The molecule has 8 heteroatoms. The van der Waals surface area contributed by atoms with Crippen LogP contribution in [-0.2, 0) is 0 Å². The van der Waals surface area contributed by atoms with Crippen LogP contribution in [0.3, 0.4) is 0 Å². The Labute approximate surface area is 208 Å². The maximum absolute atomic E-state index is 12.8. The van der Waals surface area contributed by atoms with Gasteiger partial charge in [-0.2, -0.15) is 0 Å². The van der Waals surface area contributed by atoms with Crippen LogP contribution in [0.1, 0.15) is 70.6 Å². The molecule has 0 aliphatic rings. The number of aryl methyl sites for hydroxylation is 2. The van der Waals surface area contributed by atoms with Crippen LogP contribution in [-0.4, -0.2) is 31.1 Å². The number of hydrogen-bond donors (Lipinski definition) is 2. The Kier molecular flexibility index (Phi) is 7.63. The van der Waals surface area contributed by atoms with Gasteiger partial charge in [0.2, 0.25) is 0 Å². The van der Waals surface area contributed by atoms with E-state index in [0.717, 1.165) is 12.8 Å². The molecule has 4 rings (SSSR count). The Balaban J connectivity index is 1.27. The molecule has 0 spiro atoms. The van der Waals surface area contributed by atoms with E-state index in [1.165, 1.54) is 9.36 Å². The molecule has 0 fully saturated rings. The molecule has 2 heterocycles. The van der Waals surface area contributed by atoms with Gasteiger partial charge < -0.3 is 0 Å². The standard InChI is InChI=1S/C28H30N4O4/c1-19-25(27(35)31(29-19)21-13-7-5-8-14-21)23(33)17-11-3-4-12-18-24(34)26-20(2)30-32(28(26)36)22-15-9-6-10-16-22/h5-10,13-16,29-30H,3-4,11-12,17-18H2,1-2H3. The second kappa shape index (κ2) is 11.0. The van der Waals surface area contributed by atoms with Crippen molar-refractivity contribution in [3.05, 3.63) is 104 Å². The lowest BCUT2D eigenvalue weighted by Gasteiger charge is -2.01. The monoisotopic (exact) mass is 486 g/mol. The van der Waals surface area contributed by atoms with E-state index >= 15 is 0 Å². The summed E-state index contributed by atoms with van der Waals surface area (Å²) in [5.41, 5.74) is 2.21. The van der Waals surface area contributed by atoms with Crippen molar-refractivity contribution in [3.63, 3.8) is 0 Å². The van der Waals surface area contributed by atoms with Gasteiger partial charge in [0.25, 0.3) is 11.1 Å². The lowest BCUT2D eigenvalue weighted by molar-refractivity contribution is 0.0964. The van der Waals surface area contributed by atoms with E-state index in [2.05, 4.69) is 10.2 Å². The number of carbonyl (C=O) groups excluding carboxylic acids is 2. The van der Waals surface area contributed by atoms with Gasteiger partial charge in [-0.3, -0.25) is 29.4 Å². The van der Waals surface area contributed by atoms with E-state index in [1.807, 2.05) is 36.4 Å². The van der Waals surface area contributed by atoms with E-state index in [1.54, 1.807) is 38.1 Å². The number of hydrogen-bond acceptors (Lipinski definition) is 4. The maximum Gasteiger partial charge on any atom is 0.282 e. The molecule has 0 amide bonds. The molecule has 2 aromatic heterocycles. The fourth-order valence-electron chi connectivity index (χ4n) is 4.44. The summed E-state index contributed by atoms with van der Waals surface area (Å²) in [4.78, 5) is 51.0. The second-order valence-electron chi connectivity index (χ2n) is 8.94. The van der Waals surface area contributed by atoms with Gasteiger partial charge >= 0.3 is 0 Å². The summed E-state index contributed by atoms with van der Waals surface area (Å²) in [6.45, 7) is 3.46. The summed E-state index contributed by atoms with van der Waals surface area (Å²) < 4.78 is 2.78. The van der Waals surface area contributed by atoms with Gasteiger partial charge in [-0.15, -0.1) is 0 Å². The molecule has 0 aliphatic carbocycles. The lowest BCUT2D eigenvalue weighted by atomic mass is 10.0. The van der Waals surface area contributed by atoms with Gasteiger partial charge in [0.15, 0.2) is 11.6 Å². The molecule has 2 N–H and O–H groups in total. The Morgan fingerprint density at radius 1 is 0.611 bits per heavy atom. The largest absolute Gasteiger partial charge is 0.295 e. The first-order valence-corrected chi connectivity index (χ1v) is 12.2. The number of benzene rings is 2. The van der Waals surface area contributed by atoms with E-state index in [0.29, 0.717) is 35.6 Å². The van der Waals surface area contributed by atoms with Crippen molar-refractivity contribution in [2.75, 3.05) is 0 Å². The van der Waals surface area contributed by atoms with Crippen LogP contribution in [0.25, 0.3) is 11.4 Å². The van der Waals surface area contributed by atoms with Gasteiger partial charge in [-0.05, 0) is 51.0 Å². The fraction of sp³-hybridized carbons (Fsp3) is 0.286. The molecule has 0 aliphatic heterocycles. The molecular formula is C28H30N4O4. The third kappa shape index (κ3) is 5.22. The molecule has 0 atom stereocenters. The minimum atomic E-state index is -0.336. The maximum atomic E-state index is 12.8. The number of nitrogens with zero attached hydrogens (tertiary/aromatic N) is 2. The number of aromatic amines is 2. The average molecular weight is 487 g/mol. The summed E-state index contributed by atoms with van der Waals surface area (Å²) in [7, 11) is 0. The topological polar surface area (TPSA) is 110 Å². The Hall–Kier alpha value is -4.20. The Morgan fingerprint density at radius 3 is 1.33 bits per heavy atom.